The van der Waals surface area contributed by atoms with Gasteiger partial charge in [0.2, 0.25) is 0 Å². The van der Waals surface area contributed by atoms with Crippen LogP contribution in [0.2, 0.25) is 0 Å². The third-order valence-electron chi connectivity index (χ3n) is 2.53. The zero-order chi connectivity index (χ0) is 7.84. The zero-order valence-corrected chi connectivity index (χ0v) is 6.75. The number of fused-ring (bicyclic) bond motifs is 1. The Kier molecular flexibility index (Phi) is 1.46. The average Bonchev–Trinajstić information content (AvgIpc) is 2.30. The van der Waals surface area contributed by atoms with Crippen molar-refractivity contribution in [3.63, 3.8) is 0 Å². The standard InChI is InChI=1S/C10H13N/c1-7-6-10(11)9-5-3-2-4-8(7)9/h2-5,7,10H,6,11H2,1H3/t7?,10-/m1/s1. The minimum Gasteiger partial charge on any atom is -0.324 e. The maximum Gasteiger partial charge on any atom is 0.0303 e. The van der Waals surface area contributed by atoms with Gasteiger partial charge in [-0.2, -0.15) is 0 Å². The smallest absolute Gasteiger partial charge is 0.0303 e. The van der Waals surface area contributed by atoms with E-state index in [1.165, 1.54) is 11.1 Å². The molecule has 1 aliphatic rings. The molecule has 0 saturated heterocycles. The fraction of sp³-hybridized carbons (Fsp3) is 0.400. The summed E-state index contributed by atoms with van der Waals surface area (Å²) in [4.78, 5) is 0. The maximum absolute atomic E-state index is 5.94. The van der Waals surface area contributed by atoms with Crippen molar-refractivity contribution < 1.29 is 0 Å². The van der Waals surface area contributed by atoms with Gasteiger partial charge in [-0.05, 0) is 23.5 Å². The van der Waals surface area contributed by atoms with Gasteiger partial charge in [0.25, 0.3) is 0 Å². The Morgan fingerprint density at radius 3 is 2.55 bits per heavy atom. The molecule has 2 atom stereocenters. The summed E-state index contributed by atoms with van der Waals surface area (Å²) in [7, 11) is 0. The van der Waals surface area contributed by atoms with Crippen LogP contribution in [0.1, 0.15) is 36.4 Å². The van der Waals surface area contributed by atoms with E-state index in [0.29, 0.717) is 5.92 Å². The second-order valence-electron chi connectivity index (χ2n) is 3.37. The van der Waals surface area contributed by atoms with Gasteiger partial charge in [0.15, 0.2) is 0 Å². The summed E-state index contributed by atoms with van der Waals surface area (Å²) in [6.07, 6.45) is 1.11. The van der Waals surface area contributed by atoms with E-state index in [1.54, 1.807) is 0 Å². The summed E-state index contributed by atoms with van der Waals surface area (Å²) in [5.41, 5.74) is 8.73. The van der Waals surface area contributed by atoms with Gasteiger partial charge >= 0.3 is 0 Å². The van der Waals surface area contributed by atoms with E-state index in [9.17, 15) is 0 Å². The van der Waals surface area contributed by atoms with E-state index >= 15 is 0 Å². The number of hydrogen-bond acceptors (Lipinski definition) is 1. The van der Waals surface area contributed by atoms with Crippen LogP contribution in [-0.2, 0) is 0 Å². The van der Waals surface area contributed by atoms with Crippen LogP contribution >= 0.6 is 0 Å². The summed E-state index contributed by atoms with van der Waals surface area (Å²) in [5.74, 6) is 0.654. The van der Waals surface area contributed by atoms with Crippen LogP contribution < -0.4 is 5.73 Å². The SMILES string of the molecule is CC1C[C@@H](N)c2ccccc21. The molecule has 0 aromatic heterocycles. The summed E-state index contributed by atoms with van der Waals surface area (Å²) in [6.45, 7) is 2.24. The molecule has 0 heterocycles. The topological polar surface area (TPSA) is 26.0 Å². The average molecular weight is 147 g/mol. The molecule has 1 heteroatoms. The molecule has 58 valence electrons. The third kappa shape index (κ3) is 0.962. The maximum atomic E-state index is 5.94. The Morgan fingerprint density at radius 2 is 1.91 bits per heavy atom. The van der Waals surface area contributed by atoms with Gasteiger partial charge in [-0.25, -0.2) is 0 Å². The molecule has 1 aromatic rings. The fourth-order valence-electron chi connectivity index (χ4n) is 1.93. The van der Waals surface area contributed by atoms with Crippen LogP contribution in [0.3, 0.4) is 0 Å². The number of nitrogens with two attached hydrogens (primary N) is 1. The van der Waals surface area contributed by atoms with E-state index < -0.39 is 0 Å². The monoisotopic (exact) mass is 147 g/mol. The summed E-state index contributed by atoms with van der Waals surface area (Å²) in [6, 6.07) is 8.77. The molecule has 2 N–H and O–H groups in total. The third-order valence-corrected chi connectivity index (χ3v) is 2.53. The van der Waals surface area contributed by atoms with Crippen LogP contribution in [0.15, 0.2) is 24.3 Å². The van der Waals surface area contributed by atoms with Crippen molar-refractivity contribution in [3.05, 3.63) is 35.4 Å². The van der Waals surface area contributed by atoms with Crippen molar-refractivity contribution in [2.45, 2.75) is 25.3 Å². The molecule has 0 fully saturated rings. The molecule has 0 spiro atoms. The molecule has 1 aliphatic carbocycles. The highest BCUT2D eigenvalue weighted by Crippen LogP contribution is 2.37. The second kappa shape index (κ2) is 2.35. The van der Waals surface area contributed by atoms with E-state index in [1.807, 2.05) is 0 Å². The summed E-state index contributed by atoms with van der Waals surface area (Å²) in [5, 5.41) is 0. The summed E-state index contributed by atoms with van der Waals surface area (Å²) < 4.78 is 0. The quantitative estimate of drug-likeness (QED) is 0.598. The number of rotatable bonds is 0. The Hall–Kier alpha value is -0.820. The number of hydrogen-bond donors (Lipinski definition) is 1. The van der Waals surface area contributed by atoms with Crippen LogP contribution in [0.4, 0.5) is 0 Å². The van der Waals surface area contributed by atoms with Gasteiger partial charge in [0.1, 0.15) is 0 Å². The van der Waals surface area contributed by atoms with Crippen molar-refractivity contribution in [2.75, 3.05) is 0 Å². The normalized spacial score (nSPS) is 28.5. The molecule has 0 amide bonds. The molecule has 2 rings (SSSR count). The Balaban J connectivity index is 2.52. The lowest BCUT2D eigenvalue weighted by molar-refractivity contribution is 0.640. The first-order valence-electron chi connectivity index (χ1n) is 4.13. The highest BCUT2D eigenvalue weighted by Gasteiger charge is 2.24. The number of benzene rings is 1. The lowest BCUT2D eigenvalue weighted by atomic mass is 10.0. The van der Waals surface area contributed by atoms with Crippen molar-refractivity contribution in [1.29, 1.82) is 0 Å². The van der Waals surface area contributed by atoms with Crippen LogP contribution in [0, 0.1) is 0 Å². The molecular formula is C10H13N. The van der Waals surface area contributed by atoms with Gasteiger partial charge < -0.3 is 5.73 Å². The van der Waals surface area contributed by atoms with Crippen LogP contribution in [0.25, 0.3) is 0 Å². The van der Waals surface area contributed by atoms with Gasteiger partial charge in [0.05, 0.1) is 0 Å². The predicted octanol–water partition coefficient (Wildman–Crippen LogP) is 2.19. The highest BCUT2D eigenvalue weighted by atomic mass is 14.7. The lowest BCUT2D eigenvalue weighted by Gasteiger charge is -2.02. The van der Waals surface area contributed by atoms with Crippen LogP contribution in [-0.4, -0.2) is 0 Å². The Bertz CT molecular complexity index is 240. The van der Waals surface area contributed by atoms with Crippen molar-refractivity contribution in [1.82, 2.24) is 0 Å². The van der Waals surface area contributed by atoms with Gasteiger partial charge in [-0.1, -0.05) is 31.2 Å². The predicted molar refractivity (Wildman–Crippen MR) is 46.4 cm³/mol. The Labute approximate surface area is 67.2 Å². The highest BCUT2D eigenvalue weighted by molar-refractivity contribution is 5.37. The first kappa shape index (κ1) is 6.86. The Morgan fingerprint density at radius 1 is 1.27 bits per heavy atom. The first-order chi connectivity index (χ1) is 5.29. The molecule has 1 nitrogen and oxygen atoms in total. The van der Waals surface area contributed by atoms with Gasteiger partial charge in [-0.15, -0.1) is 0 Å². The minimum absolute atomic E-state index is 0.279. The molecule has 0 radical (unpaired) electrons. The molecule has 0 saturated carbocycles. The molecule has 1 unspecified atom stereocenters. The van der Waals surface area contributed by atoms with Gasteiger partial charge in [0, 0.05) is 6.04 Å². The van der Waals surface area contributed by atoms with E-state index in [-0.39, 0.29) is 6.04 Å². The largest absolute Gasteiger partial charge is 0.324 e. The summed E-state index contributed by atoms with van der Waals surface area (Å²) >= 11 is 0. The molecular weight excluding hydrogens is 134 g/mol. The molecule has 0 aliphatic heterocycles. The van der Waals surface area contributed by atoms with E-state index in [0.717, 1.165) is 6.42 Å². The van der Waals surface area contributed by atoms with Crippen molar-refractivity contribution >= 4 is 0 Å². The zero-order valence-electron chi connectivity index (χ0n) is 6.75. The second-order valence-corrected chi connectivity index (χ2v) is 3.37. The van der Waals surface area contributed by atoms with Crippen molar-refractivity contribution in [3.8, 4) is 0 Å². The molecule has 1 aromatic carbocycles. The molecule has 11 heavy (non-hydrogen) atoms. The first-order valence-corrected chi connectivity index (χ1v) is 4.13. The molecule has 0 bridgehead atoms. The van der Waals surface area contributed by atoms with Crippen LogP contribution in [0.5, 0.6) is 0 Å². The minimum atomic E-state index is 0.279. The lowest BCUT2D eigenvalue weighted by Crippen LogP contribution is -2.04. The van der Waals surface area contributed by atoms with E-state index in [2.05, 4.69) is 31.2 Å². The van der Waals surface area contributed by atoms with Crippen molar-refractivity contribution in [2.24, 2.45) is 5.73 Å². The van der Waals surface area contributed by atoms with E-state index in [4.69, 9.17) is 5.73 Å². The van der Waals surface area contributed by atoms with Gasteiger partial charge in [-0.3, -0.25) is 0 Å². The fourth-order valence-corrected chi connectivity index (χ4v) is 1.93.